The maximum absolute atomic E-state index is 10.8. The molecule has 0 saturated heterocycles. The molecule has 0 aromatic carbocycles. The molecule has 72 valence electrons. The Bertz CT molecular complexity index is 362. The third-order valence-electron chi connectivity index (χ3n) is 3.10. The number of fused-ring (bicyclic) bond motifs is 2. The maximum Gasteiger partial charge on any atom is 0.259 e. The predicted octanol–water partition coefficient (Wildman–Crippen LogP) is 1.13. The topological polar surface area (TPSA) is 66.9 Å². The molecule has 2 rings (SSSR count). The van der Waals surface area contributed by atoms with Crippen molar-refractivity contribution in [3.63, 3.8) is 0 Å². The van der Waals surface area contributed by atoms with Gasteiger partial charge in [-0.3, -0.25) is 4.79 Å². The number of primary amides is 1. The van der Waals surface area contributed by atoms with Crippen molar-refractivity contribution < 1.29 is 4.79 Å². The molecule has 2 aliphatic carbocycles. The molecule has 0 heterocycles. The van der Waals surface area contributed by atoms with E-state index in [9.17, 15) is 4.79 Å². The summed E-state index contributed by atoms with van der Waals surface area (Å²) in [6.07, 6.45) is 8.38. The van der Waals surface area contributed by atoms with Gasteiger partial charge in [-0.05, 0) is 30.6 Å². The summed E-state index contributed by atoms with van der Waals surface area (Å²) in [5.74, 6) is 0.892. The van der Waals surface area contributed by atoms with E-state index in [1.165, 1.54) is 6.42 Å². The second-order valence-electron chi connectivity index (χ2n) is 4.00. The first-order valence-electron chi connectivity index (χ1n) is 4.80. The van der Waals surface area contributed by atoms with Crippen molar-refractivity contribution in [1.29, 1.82) is 5.26 Å². The number of nitrogens with two attached hydrogens (primary N) is 1. The van der Waals surface area contributed by atoms with Crippen LogP contribution in [0.25, 0.3) is 0 Å². The van der Waals surface area contributed by atoms with Crippen molar-refractivity contribution in [1.82, 2.24) is 0 Å². The zero-order chi connectivity index (χ0) is 10.1. The highest BCUT2D eigenvalue weighted by atomic mass is 16.1. The van der Waals surface area contributed by atoms with Gasteiger partial charge in [0, 0.05) is 0 Å². The highest BCUT2D eigenvalue weighted by Gasteiger charge is 2.34. The first-order chi connectivity index (χ1) is 6.70. The van der Waals surface area contributed by atoms with E-state index in [1.807, 2.05) is 6.07 Å². The normalized spacial score (nSPS) is 34.5. The van der Waals surface area contributed by atoms with Gasteiger partial charge in [-0.15, -0.1) is 0 Å². The molecule has 0 radical (unpaired) electrons. The first-order valence-corrected chi connectivity index (χ1v) is 4.80. The van der Waals surface area contributed by atoms with Gasteiger partial charge in [0.2, 0.25) is 0 Å². The fourth-order valence-electron chi connectivity index (χ4n) is 2.40. The van der Waals surface area contributed by atoms with E-state index in [0.717, 1.165) is 6.42 Å². The van der Waals surface area contributed by atoms with Gasteiger partial charge in [0.15, 0.2) is 0 Å². The summed E-state index contributed by atoms with van der Waals surface area (Å²) in [6.45, 7) is 0. The van der Waals surface area contributed by atoms with Crippen molar-refractivity contribution in [2.45, 2.75) is 12.8 Å². The van der Waals surface area contributed by atoms with E-state index >= 15 is 0 Å². The molecule has 3 nitrogen and oxygen atoms in total. The Morgan fingerprint density at radius 1 is 1.50 bits per heavy atom. The summed E-state index contributed by atoms with van der Waals surface area (Å²) in [5, 5.41) is 8.69. The van der Waals surface area contributed by atoms with Crippen molar-refractivity contribution in [2.75, 3.05) is 0 Å². The Labute approximate surface area is 82.9 Å². The summed E-state index contributed by atoms with van der Waals surface area (Å²) >= 11 is 0. The summed E-state index contributed by atoms with van der Waals surface area (Å²) < 4.78 is 0. The van der Waals surface area contributed by atoms with Crippen LogP contribution >= 0.6 is 0 Å². The molecular formula is C11H12N2O. The Hall–Kier alpha value is -1.56. The third-order valence-corrected chi connectivity index (χ3v) is 3.10. The van der Waals surface area contributed by atoms with Gasteiger partial charge >= 0.3 is 0 Å². The van der Waals surface area contributed by atoms with Crippen molar-refractivity contribution in [2.24, 2.45) is 23.5 Å². The van der Waals surface area contributed by atoms with Gasteiger partial charge in [0.1, 0.15) is 11.6 Å². The highest BCUT2D eigenvalue weighted by molar-refractivity contribution is 5.95. The number of allylic oxidation sites excluding steroid dienone is 3. The lowest BCUT2D eigenvalue weighted by Crippen LogP contribution is -2.15. The van der Waals surface area contributed by atoms with E-state index in [1.54, 1.807) is 6.08 Å². The first kappa shape index (κ1) is 9.01. The number of rotatable bonds is 2. The van der Waals surface area contributed by atoms with Crippen LogP contribution in [0.1, 0.15) is 12.8 Å². The zero-order valence-electron chi connectivity index (χ0n) is 7.81. The lowest BCUT2D eigenvalue weighted by Gasteiger charge is -2.13. The molecule has 3 unspecified atom stereocenters. The average molecular weight is 188 g/mol. The van der Waals surface area contributed by atoms with E-state index in [4.69, 9.17) is 11.0 Å². The smallest absolute Gasteiger partial charge is 0.259 e. The molecule has 0 aliphatic heterocycles. The van der Waals surface area contributed by atoms with Gasteiger partial charge in [-0.1, -0.05) is 18.2 Å². The highest BCUT2D eigenvalue weighted by Crippen LogP contribution is 2.44. The summed E-state index contributed by atoms with van der Waals surface area (Å²) in [4.78, 5) is 10.8. The number of nitrogens with zero attached hydrogens (tertiary/aromatic N) is 1. The number of nitriles is 1. The van der Waals surface area contributed by atoms with E-state index in [-0.39, 0.29) is 5.57 Å². The summed E-state index contributed by atoms with van der Waals surface area (Å²) in [7, 11) is 0. The number of carbonyl (C=O) groups excluding carboxylic acids is 1. The van der Waals surface area contributed by atoms with Gasteiger partial charge in [-0.25, -0.2) is 0 Å². The Morgan fingerprint density at radius 2 is 2.29 bits per heavy atom. The number of hydrogen-bond acceptors (Lipinski definition) is 2. The minimum absolute atomic E-state index is 0.107. The number of hydrogen-bond donors (Lipinski definition) is 1. The maximum atomic E-state index is 10.8. The number of amides is 1. The molecule has 3 atom stereocenters. The largest absolute Gasteiger partial charge is 0.365 e. The lowest BCUT2D eigenvalue weighted by atomic mass is 9.91. The van der Waals surface area contributed by atoms with Gasteiger partial charge < -0.3 is 5.73 Å². The molecule has 1 amide bonds. The summed E-state index contributed by atoms with van der Waals surface area (Å²) in [6, 6.07) is 1.85. The molecule has 3 heteroatoms. The van der Waals surface area contributed by atoms with E-state index in [0.29, 0.717) is 17.8 Å². The van der Waals surface area contributed by atoms with E-state index < -0.39 is 5.91 Å². The predicted molar refractivity (Wildman–Crippen MR) is 51.7 cm³/mol. The Kier molecular flexibility index (Phi) is 2.12. The monoisotopic (exact) mass is 188 g/mol. The van der Waals surface area contributed by atoms with Crippen LogP contribution < -0.4 is 5.73 Å². The SMILES string of the molecule is N#C/C(=C/C1CC2C=CC1C2)C(N)=O. The van der Waals surface area contributed by atoms with Gasteiger partial charge in [0.25, 0.3) is 5.91 Å². The molecule has 1 saturated carbocycles. The fraction of sp³-hybridized carbons (Fsp3) is 0.455. The van der Waals surface area contributed by atoms with Crippen LogP contribution in [0.15, 0.2) is 23.8 Å². The van der Waals surface area contributed by atoms with Gasteiger partial charge in [-0.2, -0.15) is 5.26 Å². The molecule has 2 aliphatic rings. The van der Waals surface area contributed by atoms with Crippen LogP contribution in [0, 0.1) is 29.1 Å². The summed E-state index contributed by atoms with van der Waals surface area (Å²) in [5.41, 5.74) is 5.18. The van der Waals surface area contributed by atoms with Crippen molar-refractivity contribution in [3.8, 4) is 6.07 Å². The Balaban J connectivity index is 2.15. The zero-order valence-corrected chi connectivity index (χ0v) is 7.81. The molecule has 0 aromatic rings. The van der Waals surface area contributed by atoms with Crippen LogP contribution in [-0.4, -0.2) is 5.91 Å². The van der Waals surface area contributed by atoms with E-state index in [2.05, 4.69) is 12.2 Å². The quantitative estimate of drug-likeness (QED) is 0.401. The second-order valence-corrected chi connectivity index (χ2v) is 4.00. The second kappa shape index (κ2) is 3.30. The minimum Gasteiger partial charge on any atom is -0.365 e. The van der Waals surface area contributed by atoms with Crippen LogP contribution in [-0.2, 0) is 4.79 Å². The van der Waals surface area contributed by atoms with Crippen LogP contribution in [0.3, 0.4) is 0 Å². The molecule has 0 spiro atoms. The standard InChI is InChI=1S/C11H12N2O/c12-6-10(11(13)14)5-9-4-7-1-2-8(9)3-7/h1-2,5,7-9H,3-4H2,(H2,13,14)/b10-5-. The van der Waals surface area contributed by atoms with Crippen molar-refractivity contribution >= 4 is 5.91 Å². The molecule has 2 N–H and O–H groups in total. The number of carbonyl (C=O) groups is 1. The van der Waals surface area contributed by atoms with Crippen molar-refractivity contribution in [3.05, 3.63) is 23.8 Å². The average Bonchev–Trinajstić information content (AvgIpc) is 2.74. The third kappa shape index (κ3) is 1.44. The Morgan fingerprint density at radius 3 is 2.71 bits per heavy atom. The fourth-order valence-corrected chi connectivity index (χ4v) is 2.40. The molecule has 14 heavy (non-hydrogen) atoms. The molecule has 1 fully saturated rings. The van der Waals surface area contributed by atoms with Crippen LogP contribution in [0.2, 0.25) is 0 Å². The molecule has 2 bridgehead atoms. The molecular weight excluding hydrogens is 176 g/mol. The van der Waals surface area contributed by atoms with Crippen LogP contribution in [0.4, 0.5) is 0 Å². The lowest BCUT2D eigenvalue weighted by molar-refractivity contribution is -0.114. The molecule has 0 aromatic heterocycles. The van der Waals surface area contributed by atoms with Crippen LogP contribution in [0.5, 0.6) is 0 Å². The minimum atomic E-state index is -0.612. The van der Waals surface area contributed by atoms with Gasteiger partial charge in [0.05, 0.1) is 0 Å².